The van der Waals surface area contributed by atoms with E-state index in [1.807, 2.05) is 5.38 Å². The van der Waals surface area contributed by atoms with E-state index in [0.29, 0.717) is 32.4 Å². The number of carbonyl (C=O) groups is 1. The van der Waals surface area contributed by atoms with Gasteiger partial charge in [0.05, 0.1) is 16.7 Å². The van der Waals surface area contributed by atoms with Gasteiger partial charge < -0.3 is 10.2 Å². The number of carbonyl (C=O) groups excluding carboxylic acids is 1. The Morgan fingerprint density at radius 3 is 2.54 bits per heavy atom. The molecule has 196 valence electrons. The monoisotopic (exact) mass is 537 g/mol. The zero-order valence-corrected chi connectivity index (χ0v) is 20.7. The van der Waals surface area contributed by atoms with E-state index in [4.69, 9.17) is 4.98 Å². The summed E-state index contributed by atoms with van der Waals surface area (Å²) in [5.74, 6) is -1.29. The predicted molar refractivity (Wildman–Crippen MR) is 127 cm³/mol. The first-order valence-electron chi connectivity index (χ1n) is 11.8. The first kappa shape index (κ1) is 25.4. The fourth-order valence-corrected chi connectivity index (χ4v) is 5.80. The number of aryl methyl sites for hydroxylation is 1. The van der Waals surface area contributed by atoms with Crippen molar-refractivity contribution in [3.63, 3.8) is 0 Å². The van der Waals surface area contributed by atoms with Crippen molar-refractivity contribution in [1.29, 1.82) is 0 Å². The molecule has 2 aromatic heterocycles. The van der Waals surface area contributed by atoms with E-state index in [0.717, 1.165) is 27.0 Å². The zero-order valence-electron chi connectivity index (χ0n) is 19.9. The fraction of sp³-hybridized carbons (Fsp3) is 0.400. The van der Waals surface area contributed by atoms with Crippen molar-refractivity contribution in [2.75, 3.05) is 13.1 Å². The van der Waals surface area contributed by atoms with E-state index in [2.05, 4.69) is 10.4 Å². The molecule has 4 heterocycles. The fourth-order valence-electron chi connectivity index (χ4n) is 4.78. The summed E-state index contributed by atoms with van der Waals surface area (Å²) in [6.45, 7) is 2.21. The van der Waals surface area contributed by atoms with Gasteiger partial charge in [-0.25, -0.2) is 13.8 Å². The van der Waals surface area contributed by atoms with Gasteiger partial charge in [-0.1, -0.05) is 6.07 Å². The Morgan fingerprint density at radius 1 is 1.19 bits per heavy atom. The minimum absolute atomic E-state index is 0.0150. The molecule has 0 bridgehead atoms. The Kier molecular flexibility index (Phi) is 6.78. The highest BCUT2D eigenvalue weighted by molar-refractivity contribution is 7.09. The molecule has 0 unspecified atom stereocenters. The van der Waals surface area contributed by atoms with Crippen molar-refractivity contribution in [3.05, 3.63) is 75.1 Å². The second-order valence-corrected chi connectivity index (χ2v) is 10.2. The van der Waals surface area contributed by atoms with Crippen LogP contribution >= 0.6 is 11.3 Å². The Bertz CT molecular complexity index is 1320. The molecule has 1 N–H and O–H groups in total. The summed E-state index contributed by atoms with van der Waals surface area (Å²) in [6, 6.07) is 4.26. The van der Waals surface area contributed by atoms with Crippen molar-refractivity contribution >= 4 is 22.8 Å². The van der Waals surface area contributed by atoms with Gasteiger partial charge >= 0.3 is 6.18 Å². The third-order valence-corrected chi connectivity index (χ3v) is 7.84. The zero-order chi connectivity index (χ0) is 26.3. The summed E-state index contributed by atoms with van der Waals surface area (Å²) >= 11 is 1.51. The normalized spacial score (nSPS) is 18.7. The van der Waals surface area contributed by atoms with Gasteiger partial charge in [0.2, 0.25) is 5.91 Å². The molecule has 1 atom stereocenters. The van der Waals surface area contributed by atoms with E-state index in [-0.39, 0.29) is 29.6 Å². The lowest BCUT2D eigenvalue weighted by molar-refractivity contribution is -0.142. The highest BCUT2D eigenvalue weighted by Gasteiger charge is 2.35. The summed E-state index contributed by atoms with van der Waals surface area (Å²) in [7, 11) is 0. The van der Waals surface area contributed by atoms with Crippen LogP contribution in [0.5, 0.6) is 0 Å². The van der Waals surface area contributed by atoms with Crippen molar-refractivity contribution in [2.24, 2.45) is 0 Å². The minimum atomic E-state index is -4.55. The number of piperidine rings is 1. The number of amides is 1. The van der Waals surface area contributed by atoms with Crippen molar-refractivity contribution in [3.8, 4) is 0 Å². The van der Waals surface area contributed by atoms with Gasteiger partial charge in [-0.05, 0) is 43.5 Å². The summed E-state index contributed by atoms with van der Waals surface area (Å²) in [5.41, 5.74) is 0.923. The second kappa shape index (κ2) is 9.88. The van der Waals surface area contributed by atoms with E-state index in [1.54, 1.807) is 11.1 Å². The molecular formula is C25H24F5N5OS. The topological polar surface area (TPSA) is 63.1 Å². The largest absolute Gasteiger partial charge is 0.435 e. The molecule has 6 nitrogen and oxygen atoms in total. The molecule has 1 saturated heterocycles. The van der Waals surface area contributed by atoms with E-state index in [1.165, 1.54) is 36.5 Å². The molecular weight excluding hydrogens is 513 g/mol. The highest BCUT2D eigenvalue weighted by Crippen LogP contribution is 2.37. The summed E-state index contributed by atoms with van der Waals surface area (Å²) in [5, 5.41) is 9.45. The Balaban J connectivity index is 1.17. The van der Waals surface area contributed by atoms with Gasteiger partial charge in [0, 0.05) is 48.3 Å². The number of halogens is 5. The number of alkyl halides is 3. The van der Waals surface area contributed by atoms with Gasteiger partial charge in [-0.3, -0.25) is 9.48 Å². The maximum Gasteiger partial charge on any atom is 0.435 e. The smallest absolute Gasteiger partial charge is 0.383 e. The standard InChI is InChI=1S/C25H24F5N5OS/c1-14-9-21(25(28,29)30)33-35(14)12-22(36)34-7-5-15(6-8-34)24-32-20(13-37-24)16-10-19(31-11-16)23-17(26)3-2-4-18(23)27/h2-4,9,11,13,15,19,31H,5-8,10,12H2,1H3/t19-/m1/s1. The van der Waals surface area contributed by atoms with Crippen molar-refractivity contribution < 1.29 is 26.7 Å². The van der Waals surface area contributed by atoms with Crippen molar-refractivity contribution in [1.82, 2.24) is 25.0 Å². The number of nitrogens with one attached hydrogen (secondary N) is 1. The number of rotatable bonds is 5. The maximum atomic E-state index is 14.2. The van der Waals surface area contributed by atoms with Crippen LogP contribution in [0.25, 0.3) is 5.57 Å². The lowest BCUT2D eigenvalue weighted by Crippen LogP contribution is -2.40. The van der Waals surface area contributed by atoms with Crippen LogP contribution in [0.2, 0.25) is 0 Å². The van der Waals surface area contributed by atoms with E-state index < -0.39 is 29.5 Å². The van der Waals surface area contributed by atoms with Gasteiger partial charge in [0.15, 0.2) is 5.69 Å². The number of likely N-dealkylation sites (tertiary alicyclic amines) is 1. The molecule has 1 aromatic carbocycles. The molecule has 2 aliphatic heterocycles. The third kappa shape index (κ3) is 5.25. The minimum Gasteiger partial charge on any atom is -0.383 e. The molecule has 3 aromatic rings. The van der Waals surface area contributed by atoms with Gasteiger partial charge in [-0.15, -0.1) is 11.3 Å². The number of nitrogens with zero attached hydrogens (tertiary/aromatic N) is 4. The molecule has 0 radical (unpaired) electrons. The second-order valence-electron chi connectivity index (χ2n) is 9.28. The van der Waals surface area contributed by atoms with Gasteiger partial charge in [0.25, 0.3) is 0 Å². The van der Waals surface area contributed by atoms with Gasteiger partial charge in [0.1, 0.15) is 18.2 Å². The van der Waals surface area contributed by atoms with Crippen LogP contribution in [0.4, 0.5) is 22.0 Å². The molecule has 37 heavy (non-hydrogen) atoms. The van der Waals surface area contributed by atoms with Crippen molar-refractivity contribution in [2.45, 2.75) is 50.9 Å². The quantitative estimate of drug-likeness (QED) is 0.441. The van der Waals surface area contributed by atoms with Gasteiger partial charge in [-0.2, -0.15) is 18.3 Å². The van der Waals surface area contributed by atoms with E-state index >= 15 is 0 Å². The lowest BCUT2D eigenvalue weighted by atomic mass is 9.97. The number of benzene rings is 1. The average Bonchev–Trinajstić information content (AvgIpc) is 3.59. The summed E-state index contributed by atoms with van der Waals surface area (Å²) in [6.07, 6.45) is -1.02. The number of hydrogen-bond acceptors (Lipinski definition) is 5. The molecule has 12 heteroatoms. The lowest BCUT2D eigenvalue weighted by Gasteiger charge is -2.31. The van der Waals surface area contributed by atoms with Crippen LogP contribution in [0.3, 0.4) is 0 Å². The average molecular weight is 538 g/mol. The number of thiazole rings is 1. The summed E-state index contributed by atoms with van der Waals surface area (Å²) < 4.78 is 68.1. The molecule has 0 aliphatic carbocycles. The summed E-state index contributed by atoms with van der Waals surface area (Å²) in [4.78, 5) is 19.1. The molecule has 1 fully saturated rings. The predicted octanol–water partition coefficient (Wildman–Crippen LogP) is 5.43. The van der Waals surface area contributed by atoms with Crippen LogP contribution in [0.1, 0.15) is 58.9 Å². The van der Waals surface area contributed by atoms with Crippen LogP contribution in [-0.2, 0) is 17.5 Å². The van der Waals surface area contributed by atoms with E-state index in [9.17, 15) is 26.7 Å². The highest BCUT2D eigenvalue weighted by atomic mass is 32.1. The number of hydrogen-bond donors (Lipinski definition) is 1. The first-order chi connectivity index (χ1) is 17.6. The first-order valence-corrected chi connectivity index (χ1v) is 12.7. The molecule has 0 saturated carbocycles. The molecule has 5 rings (SSSR count). The van der Waals surface area contributed by atoms with Crippen LogP contribution in [-0.4, -0.2) is 38.7 Å². The molecule has 0 spiro atoms. The third-order valence-electron chi connectivity index (χ3n) is 6.84. The van der Waals surface area contributed by atoms with Crippen LogP contribution in [0.15, 0.2) is 35.8 Å². The van der Waals surface area contributed by atoms with Crippen LogP contribution in [0, 0.1) is 18.6 Å². The Labute approximate surface area is 213 Å². The Hall–Kier alpha value is -3.28. The molecule has 1 amide bonds. The Morgan fingerprint density at radius 2 is 1.89 bits per heavy atom. The maximum absolute atomic E-state index is 14.2. The molecule has 2 aliphatic rings. The SMILES string of the molecule is Cc1cc(C(F)(F)F)nn1CC(=O)N1CCC(c2nc(C3=CN[C@@H](c4c(F)cccc4F)C3)cs2)CC1. The van der Waals surface area contributed by atoms with Crippen LogP contribution < -0.4 is 5.32 Å². The number of aromatic nitrogens is 3.